The Morgan fingerprint density at radius 3 is 2.50 bits per heavy atom. The summed E-state index contributed by atoms with van der Waals surface area (Å²) >= 11 is 0. The van der Waals surface area contributed by atoms with Crippen molar-refractivity contribution in [3.8, 4) is 0 Å². The molecule has 2 amide bonds. The predicted octanol–water partition coefficient (Wildman–Crippen LogP) is 2.49. The zero-order valence-electron chi connectivity index (χ0n) is 12.5. The summed E-state index contributed by atoms with van der Waals surface area (Å²) in [6.07, 6.45) is 4.76. The topological polar surface area (TPSA) is 69.6 Å². The number of hydrogen-bond acceptors (Lipinski definition) is 2. The molecule has 0 heterocycles. The van der Waals surface area contributed by atoms with Crippen molar-refractivity contribution >= 4 is 12.0 Å². The van der Waals surface area contributed by atoms with Crippen LogP contribution in [0.4, 0.5) is 4.79 Å². The van der Waals surface area contributed by atoms with Crippen molar-refractivity contribution in [2.75, 3.05) is 19.6 Å². The number of amides is 2. The lowest BCUT2D eigenvalue weighted by atomic mass is 9.71. The highest BCUT2D eigenvalue weighted by atomic mass is 16.4. The normalized spacial score (nSPS) is 25.8. The zero-order chi connectivity index (χ0) is 15.2. The number of carboxylic acids is 1. The molecular weight excluding hydrogens is 256 g/mol. The van der Waals surface area contributed by atoms with Gasteiger partial charge in [-0.25, -0.2) is 4.79 Å². The van der Waals surface area contributed by atoms with Crippen LogP contribution in [-0.2, 0) is 4.79 Å². The van der Waals surface area contributed by atoms with Crippen molar-refractivity contribution in [3.63, 3.8) is 0 Å². The van der Waals surface area contributed by atoms with E-state index in [1.165, 1.54) is 0 Å². The molecule has 0 aromatic carbocycles. The van der Waals surface area contributed by atoms with E-state index in [1.54, 1.807) is 11.0 Å². The van der Waals surface area contributed by atoms with Crippen molar-refractivity contribution in [1.29, 1.82) is 0 Å². The molecule has 1 aliphatic carbocycles. The van der Waals surface area contributed by atoms with Gasteiger partial charge in [0.15, 0.2) is 0 Å². The lowest BCUT2D eigenvalue weighted by molar-refractivity contribution is -0.151. The Bertz CT molecular complexity index is 360. The van der Waals surface area contributed by atoms with Crippen molar-refractivity contribution in [2.24, 2.45) is 11.3 Å². The Kier molecular flexibility index (Phi) is 6.05. The second-order valence-electron chi connectivity index (χ2n) is 5.75. The summed E-state index contributed by atoms with van der Waals surface area (Å²) in [7, 11) is 0. The maximum Gasteiger partial charge on any atom is 0.317 e. The monoisotopic (exact) mass is 282 g/mol. The van der Waals surface area contributed by atoms with Crippen LogP contribution in [0.3, 0.4) is 0 Å². The highest BCUT2D eigenvalue weighted by molar-refractivity contribution is 5.78. The van der Waals surface area contributed by atoms with Gasteiger partial charge in [-0.2, -0.15) is 0 Å². The molecule has 0 bridgehead atoms. The molecule has 0 spiro atoms. The van der Waals surface area contributed by atoms with Crippen molar-refractivity contribution in [3.05, 3.63) is 12.7 Å². The van der Waals surface area contributed by atoms with Crippen molar-refractivity contribution in [1.82, 2.24) is 10.2 Å². The predicted molar refractivity (Wildman–Crippen MR) is 78.5 cm³/mol. The summed E-state index contributed by atoms with van der Waals surface area (Å²) in [4.78, 5) is 25.2. The summed E-state index contributed by atoms with van der Waals surface area (Å²) in [6.45, 7) is 8.91. The number of nitrogens with one attached hydrogen (secondary N) is 1. The average molecular weight is 282 g/mol. The number of carboxylic acid groups (broad SMARTS) is 1. The number of nitrogens with zero attached hydrogens (tertiary/aromatic N) is 1. The maximum atomic E-state index is 12.0. The van der Waals surface area contributed by atoms with Gasteiger partial charge >= 0.3 is 12.0 Å². The molecule has 114 valence electrons. The van der Waals surface area contributed by atoms with Gasteiger partial charge < -0.3 is 15.3 Å². The minimum absolute atomic E-state index is 0.210. The molecule has 2 N–H and O–H groups in total. The van der Waals surface area contributed by atoms with Crippen molar-refractivity contribution in [2.45, 2.75) is 39.5 Å². The average Bonchev–Trinajstić information content (AvgIpc) is 2.44. The summed E-state index contributed by atoms with van der Waals surface area (Å²) in [6, 6.07) is -0.216. The van der Waals surface area contributed by atoms with Gasteiger partial charge in [0.1, 0.15) is 0 Å². The third kappa shape index (κ3) is 3.99. The summed E-state index contributed by atoms with van der Waals surface area (Å²) < 4.78 is 0. The first-order valence-corrected chi connectivity index (χ1v) is 7.32. The third-order valence-corrected chi connectivity index (χ3v) is 4.28. The second kappa shape index (κ2) is 7.31. The van der Waals surface area contributed by atoms with Crippen LogP contribution in [-0.4, -0.2) is 41.6 Å². The van der Waals surface area contributed by atoms with E-state index in [0.29, 0.717) is 31.8 Å². The molecule has 1 fully saturated rings. The fourth-order valence-corrected chi connectivity index (χ4v) is 2.65. The van der Waals surface area contributed by atoms with Crippen LogP contribution in [0, 0.1) is 11.3 Å². The first kappa shape index (κ1) is 16.5. The lowest BCUT2D eigenvalue weighted by Gasteiger charge is -2.36. The number of hydrogen-bond donors (Lipinski definition) is 2. The molecule has 0 saturated heterocycles. The van der Waals surface area contributed by atoms with E-state index in [1.807, 2.05) is 6.92 Å². The number of rotatable bonds is 6. The van der Waals surface area contributed by atoms with Gasteiger partial charge in [-0.15, -0.1) is 6.58 Å². The van der Waals surface area contributed by atoms with E-state index in [2.05, 4.69) is 18.8 Å². The highest BCUT2D eigenvalue weighted by Crippen LogP contribution is 2.38. The quantitative estimate of drug-likeness (QED) is 0.735. The summed E-state index contributed by atoms with van der Waals surface area (Å²) in [5.41, 5.74) is -0.796. The van der Waals surface area contributed by atoms with Crippen LogP contribution in [0.25, 0.3) is 0 Å². The molecule has 0 unspecified atom stereocenters. The van der Waals surface area contributed by atoms with Gasteiger partial charge in [0.2, 0.25) is 0 Å². The maximum absolute atomic E-state index is 12.0. The Balaban J connectivity index is 2.61. The van der Waals surface area contributed by atoms with E-state index in [9.17, 15) is 14.7 Å². The van der Waals surface area contributed by atoms with Crippen LogP contribution in [0.15, 0.2) is 12.7 Å². The van der Waals surface area contributed by atoms with Crippen LogP contribution >= 0.6 is 0 Å². The Hall–Kier alpha value is -1.52. The smallest absolute Gasteiger partial charge is 0.317 e. The fraction of sp³-hybridized carbons (Fsp3) is 0.733. The largest absolute Gasteiger partial charge is 0.481 e. The second-order valence-corrected chi connectivity index (χ2v) is 5.75. The molecule has 0 aromatic heterocycles. The number of urea groups is 1. The first-order chi connectivity index (χ1) is 9.45. The minimum Gasteiger partial charge on any atom is -0.481 e. The number of aliphatic carboxylic acids is 1. The van der Waals surface area contributed by atoms with Gasteiger partial charge in [0, 0.05) is 19.6 Å². The van der Waals surface area contributed by atoms with Gasteiger partial charge in [0.25, 0.3) is 0 Å². The number of carbonyl (C=O) groups is 2. The van der Waals surface area contributed by atoms with E-state index in [-0.39, 0.29) is 12.6 Å². The molecule has 20 heavy (non-hydrogen) atoms. The minimum atomic E-state index is -0.796. The van der Waals surface area contributed by atoms with E-state index in [4.69, 9.17) is 0 Å². The zero-order valence-corrected chi connectivity index (χ0v) is 12.5. The SMILES string of the molecule is C=CCN(CC)C(=O)NCC1(C(=O)O)CCC(C)CC1. The standard InChI is InChI=1S/C15H26N2O3/c1-4-10-17(5-2)14(20)16-11-15(13(18)19)8-6-12(3)7-9-15/h4,12H,1,5-11H2,2-3H3,(H,16,20)(H,18,19). The van der Waals surface area contributed by atoms with E-state index < -0.39 is 11.4 Å². The third-order valence-electron chi connectivity index (χ3n) is 4.28. The molecule has 1 aliphatic rings. The van der Waals surface area contributed by atoms with Crippen LogP contribution in [0.2, 0.25) is 0 Å². The Morgan fingerprint density at radius 1 is 1.45 bits per heavy atom. The summed E-state index contributed by atoms with van der Waals surface area (Å²) in [5.74, 6) is -0.220. The fourth-order valence-electron chi connectivity index (χ4n) is 2.65. The Labute approximate surface area is 121 Å². The van der Waals surface area contributed by atoms with Crippen LogP contribution in [0.1, 0.15) is 39.5 Å². The molecule has 1 saturated carbocycles. The van der Waals surface area contributed by atoms with Gasteiger partial charge in [-0.1, -0.05) is 13.0 Å². The van der Waals surface area contributed by atoms with E-state index >= 15 is 0 Å². The van der Waals surface area contributed by atoms with Gasteiger partial charge in [-0.05, 0) is 38.5 Å². The molecule has 0 aromatic rings. The lowest BCUT2D eigenvalue weighted by Crippen LogP contribution is -2.49. The van der Waals surface area contributed by atoms with Crippen molar-refractivity contribution < 1.29 is 14.7 Å². The van der Waals surface area contributed by atoms with Gasteiger partial charge in [-0.3, -0.25) is 4.79 Å². The van der Waals surface area contributed by atoms with Crippen LogP contribution in [0.5, 0.6) is 0 Å². The first-order valence-electron chi connectivity index (χ1n) is 7.32. The Morgan fingerprint density at radius 2 is 2.05 bits per heavy atom. The number of likely N-dealkylation sites (N-methyl/N-ethyl adjacent to an activating group) is 1. The highest BCUT2D eigenvalue weighted by Gasteiger charge is 2.41. The summed E-state index contributed by atoms with van der Waals surface area (Å²) in [5, 5.41) is 12.3. The van der Waals surface area contributed by atoms with Crippen LogP contribution < -0.4 is 5.32 Å². The molecule has 0 atom stereocenters. The molecule has 5 nitrogen and oxygen atoms in total. The number of carbonyl (C=O) groups excluding carboxylic acids is 1. The molecule has 0 aliphatic heterocycles. The molecule has 5 heteroatoms. The molecular formula is C15H26N2O3. The van der Waals surface area contributed by atoms with Gasteiger partial charge in [0.05, 0.1) is 5.41 Å². The molecule has 1 rings (SSSR count). The van der Waals surface area contributed by atoms with E-state index in [0.717, 1.165) is 12.8 Å². The molecule has 0 radical (unpaired) electrons.